The Labute approximate surface area is 147 Å². The zero-order valence-corrected chi connectivity index (χ0v) is 13.9. The molecule has 0 spiro atoms. The molecule has 0 aliphatic heterocycles. The van der Waals surface area contributed by atoms with Gasteiger partial charge in [0, 0.05) is 41.8 Å². The first kappa shape index (κ1) is 18.0. The molecule has 0 aliphatic carbocycles. The Kier molecular flexibility index (Phi) is 4.73. The molecule has 0 bridgehead atoms. The van der Waals surface area contributed by atoms with Gasteiger partial charge in [0.15, 0.2) is 0 Å². The van der Waals surface area contributed by atoms with Gasteiger partial charge in [-0.05, 0) is 30.3 Å². The second kappa shape index (κ2) is 6.84. The Balaban J connectivity index is 1.69. The number of hydrogen-bond donors (Lipinski definition) is 2. The molecule has 2 N–H and O–H groups in total. The van der Waals surface area contributed by atoms with Gasteiger partial charge in [0.2, 0.25) is 0 Å². The quantitative estimate of drug-likeness (QED) is 0.744. The highest BCUT2D eigenvalue weighted by Gasteiger charge is 2.30. The van der Waals surface area contributed by atoms with Crippen molar-refractivity contribution in [2.45, 2.75) is 12.3 Å². The van der Waals surface area contributed by atoms with Gasteiger partial charge in [-0.15, -0.1) is 0 Å². The fourth-order valence-corrected chi connectivity index (χ4v) is 2.85. The zero-order valence-electron chi connectivity index (χ0n) is 13.9. The van der Waals surface area contributed by atoms with Crippen LogP contribution in [0.3, 0.4) is 0 Å². The maximum Gasteiger partial charge on any atom is 0.416 e. The molecule has 0 unspecified atom stereocenters. The summed E-state index contributed by atoms with van der Waals surface area (Å²) in [4.78, 5) is 12.1. The maximum atomic E-state index is 12.6. The number of nitrogens with one attached hydrogen (secondary N) is 1. The van der Waals surface area contributed by atoms with E-state index in [1.54, 1.807) is 6.20 Å². The summed E-state index contributed by atoms with van der Waals surface area (Å²) < 4.78 is 39.5. The highest BCUT2D eigenvalue weighted by molar-refractivity contribution is 5.94. The van der Waals surface area contributed by atoms with Crippen molar-refractivity contribution in [2.75, 3.05) is 6.54 Å². The SMILES string of the molecule is Cn1cc([C@H](O)CNC(=O)c2ccc(C(F)(F)F)cc2)c2ccccc21. The highest BCUT2D eigenvalue weighted by Crippen LogP contribution is 2.29. The normalized spacial score (nSPS) is 13.0. The first-order valence-corrected chi connectivity index (χ1v) is 7.95. The lowest BCUT2D eigenvalue weighted by Crippen LogP contribution is -2.28. The van der Waals surface area contributed by atoms with E-state index in [1.165, 1.54) is 0 Å². The summed E-state index contributed by atoms with van der Waals surface area (Å²) in [6.07, 6.45) is -3.58. The lowest BCUT2D eigenvalue weighted by molar-refractivity contribution is -0.137. The van der Waals surface area contributed by atoms with Crippen molar-refractivity contribution < 1.29 is 23.1 Å². The van der Waals surface area contributed by atoms with Crippen LogP contribution < -0.4 is 5.32 Å². The number of aliphatic hydroxyl groups is 1. The Bertz CT molecular complexity index is 930. The van der Waals surface area contributed by atoms with Gasteiger partial charge < -0.3 is 15.0 Å². The summed E-state index contributed by atoms with van der Waals surface area (Å²) in [5.41, 5.74) is 0.916. The van der Waals surface area contributed by atoms with Crippen LogP contribution in [0.1, 0.15) is 27.6 Å². The topological polar surface area (TPSA) is 54.3 Å². The third kappa shape index (κ3) is 3.57. The van der Waals surface area contributed by atoms with E-state index in [-0.39, 0.29) is 12.1 Å². The molecule has 7 heteroatoms. The number of aromatic nitrogens is 1. The Hall–Kier alpha value is -2.80. The molecule has 26 heavy (non-hydrogen) atoms. The number of amides is 1. The second-order valence-corrected chi connectivity index (χ2v) is 6.01. The van der Waals surface area contributed by atoms with Crippen LogP contribution in [0.2, 0.25) is 0 Å². The standard InChI is InChI=1S/C19H17F3N2O2/c1-24-11-15(14-4-2-3-5-16(14)24)17(25)10-23-18(26)12-6-8-13(9-7-12)19(20,21)22/h2-9,11,17,25H,10H2,1H3,(H,23,26)/t17-/m1/s1. The highest BCUT2D eigenvalue weighted by atomic mass is 19.4. The first-order chi connectivity index (χ1) is 12.3. The number of rotatable bonds is 4. The summed E-state index contributed by atoms with van der Waals surface area (Å²) in [6, 6.07) is 11.5. The molecule has 2 aromatic carbocycles. The van der Waals surface area contributed by atoms with Crippen LogP contribution in [0, 0.1) is 0 Å². The number of aryl methyl sites for hydroxylation is 1. The summed E-state index contributed by atoms with van der Waals surface area (Å²) in [6.45, 7) is -0.0478. The van der Waals surface area contributed by atoms with Crippen LogP contribution in [0.25, 0.3) is 10.9 Å². The fraction of sp³-hybridized carbons (Fsp3) is 0.211. The van der Waals surface area contributed by atoms with E-state index in [0.717, 1.165) is 35.2 Å². The molecule has 1 atom stereocenters. The monoisotopic (exact) mass is 362 g/mol. The number of alkyl halides is 3. The summed E-state index contributed by atoms with van der Waals surface area (Å²) >= 11 is 0. The van der Waals surface area contributed by atoms with E-state index in [4.69, 9.17) is 0 Å². The minimum Gasteiger partial charge on any atom is -0.386 e. The minimum atomic E-state index is -4.44. The molecule has 1 heterocycles. The van der Waals surface area contributed by atoms with Gasteiger partial charge in [-0.3, -0.25) is 4.79 Å². The Morgan fingerprint density at radius 3 is 2.46 bits per heavy atom. The van der Waals surface area contributed by atoms with Gasteiger partial charge in [0.25, 0.3) is 5.91 Å². The number of hydrogen-bond acceptors (Lipinski definition) is 2. The van der Waals surface area contributed by atoms with Crippen molar-refractivity contribution in [2.24, 2.45) is 7.05 Å². The average molecular weight is 362 g/mol. The molecule has 4 nitrogen and oxygen atoms in total. The molecule has 1 aromatic heterocycles. The number of fused-ring (bicyclic) bond motifs is 1. The van der Waals surface area contributed by atoms with E-state index in [1.807, 2.05) is 35.9 Å². The predicted octanol–water partition coefficient (Wildman–Crippen LogP) is 3.66. The van der Waals surface area contributed by atoms with Crippen molar-refractivity contribution in [3.8, 4) is 0 Å². The maximum absolute atomic E-state index is 12.6. The number of carbonyl (C=O) groups is 1. The molecule has 0 radical (unpaired) electrons. The fourth-order valence-electron chi connectivity index (χ4n) is 2.85. The molecule has 1 amide bonds. The van der Waals surface area contributed by atoms with E-state index in [9.17, 15) is 23.1 Å². The number of aliphatic hydroxyl groups excluding tert-OH is 1. The predicted molar refractivity (Wildman–Crippen MR) is 91.7 cm³/mol. The third-order valence-electron chi connectivity index (χ3n) is 4.22. The molecular formula is C19H17F3N2O2. The average Bonchev–Trinajstić information content (AvgIpc) is 2.96. The van der Waals surface area contributed by atoms with Crippen molar-refractivity contribution in [3.63, 3.8) is 0 Å². The van der Waals surface area contributed by atoms with Crippen LogP contribution in [0.15, 0.2) is 54.7 Å². The minimum absolute atomic E-state index is 0.0478. The summed E-state index contributed by atoms with van der Waals surface area (Å²) in [7, 11) is 1.86. The van der Waals surface area contributed by atoms with Gasteiger partial charge in [-0.2, -0.15) is 13.2 Å². The van der Waals surface area contributed by atoms with Crippen LogP contribution in [0.5, 0.6) is 0 Å². The lowest BCUT2D eigenvalue weighted by atomic mass is 10.1. The van der Waals surface area contributed by atoms with E-state index in [0.29, 0.717) is 5.56 Å². The smallest absolute Gasteiger partial charge is 0.386 e. The number of para-hydroxylation sites is 1. The van der Waals surface area contributed by atoms with Gasteiger partial charge in [-0.1, -0.05) is 18.2 Å². The van der Waals surface area contributed by atoms with Crippen LogP contribution >= 0.6 is 0 Å². The first-order valence-electron chi connectivity index (χ1n) is 7.95. The van der Waals surface area contributed by atoms with Gasteiger partial charge in [-0.25, -0.2) is 0 Å². The van der Waals surface area contributed by atoms with Crippen molar-refractivity contribution in [1.29, 1.82) is 0 Å². The largest absolute Gasteiger partial charge is 0.416 e. The molecule has 3 aromatic rings. The van der Waals surface area contributed by atoms with Crippen molar-refractivity contribution >= 4 is 16.8 Å². The van der Waals surface area contributed by atoms with Crippen molar-refractivity contribution in [1.82, 2.24) is 9.88 Å². The van der Waals surface area contributed by atoms with Gasteiger partial charge in [0.1, 0.15) is 0 Å². The number of halogens is 3. The molecule has 0 saturated heterocycles. The molecule has 0 aliphatic rings. The Morgan fingerprint density at radius 2 is 1.81 bits per heavy atom. The lowest BCUT2D eigenvalue weighted by Gasteiger charge is -2.12. The molecule has 0 saturated carbocycles. The number of benzene rings is 2. The van der Waals surface area contributed by atoms with E-state index >= 15 is 0 Å². The summed E-state index contributed by atoms with van der Waals surface area (Å²) in [5, 5.41) is 13.8. The van der Waals surface area contributed by atoms with Crippen LogP contribution in [0.4, 0.5) is 13.2 Å². The van der Waals surface area contributed by atoms with Crippen molar-refractivity contribution in [3.05, 3.63) is 71.4 Å². The van der Waals surface area contributed by atoms with E-state index in [2.05, 4.69) is 5.32 Å². The van der Waals surface area contributed by atoms with Crippen LogP contribution in [-0.2, 0) is 13.2 Å². The second-order valence-electron chi connectivity index (χ2n) is 6.01. The Morgan fingerprint density at radius 1 is 1.15 bits per heavy atom. The molecule has 3 rings (SSSR count). The third-order valence-corrected chi connectivity index (χ3v) is 4.22. The van der Waals surface area contributed by atoms with E-state index < -0.39 is 23.8 Å². The summed E-state index contributed by atoms with van der Waals surface area (Å²) in [5.74, 6) is -0.544. The molecular weight excluding hydrogens is 345 g/mol. The van der Waals surface area contributed by atoms with Gasteiger partial charge in [0.05, 0.1) is 11.7 Å². The van der Waals surface area contributed by atoms with Gasteiger partial charge >= 0.3 is 6.18 Å². The molecule has 136 valence electrons. The van der Waals surface area contributed by atoms with Crippen LogP contribution in [-0.4, -0.2) is 22.1 Å². The molecule has 0 fully saturated rings. The zero-order chi connectivity index (χ0) is 18.9. The number of carbonyl (C=O) groups excluding carboxylic acids is 1. The number of nitrogens with zero attached hydrogens (tertiary/aromatic N) is 1.